The summed E-state index contributed by atoms with van der Waals surface area (Å²) in [6.07, 6.45) is 22.2. The summed E-state index contributed by atoms with van der Waals surface area (Å²) < 4.78 is 2.71. The Hall–Kier alpha value is -0.457. The normalized spacial score (nSPS) is 20.4. The van der Waals surface area contributed by atoms with Crippen LogP contribution in [0.3, 0.4) is 0 Å². The Morgan fingerprint density at radius 3 is 1.15 bits per heavy atom. The number of hydrogen-bond donors (Lipinski definition) is 0. The van der Waals surface area contributed by atoms with Crippen molar-refractivity contribution in [2.24, 2.45) is 0 Å². The SMILES string of the molecule is C.Cc1cc(C)c(N2[CH-]N(c3c(C)cc(C)cc3C)CC2)c(C)c1.[Cl][Ru]([Cl])=[CH][P+](C1CCCCC1)(C1CCCCC1)C1CCCCC1. The number of hydrogen-bond acceptors (Lipinski definition) is 2. The molecule has 0 spiro atoms. The number of halogens is 2. The second-order valence-electron chi connectivity index (χ2n) is 15.1. The fourth-order valence-electron chi connectivity index (χ4n) is 9.91. The molecular weight excluding hydrogens is 723 g/mol. The number of rotatable bonds is 6. The molecular formula is C41H65Cl2N2PRu. The summed E-state index contributed by atoms with van der Waals surface area (Å²) in [5.74, 6) is 0. The zero-order valence-electron chi connectivity index (χ0n) is 29.7. The molecule has 0 amide bonds. The average molecular weight is 789 g/mol. The van der Waals surface area contributed by atoms with Crippen LogP contribution in [-0.4, -0.2) is 34.4 Å². The van der Waals surface area contributed by atoms with Gasteiger partial charge in [0.25, 0.3) is 0 Å². The Balaban J connectivity index is 0.000000208. The maximum absolute atomic E-state index is 6.60. The van der Waals surface area contributed by atoms with E-state index >= 15 is 0 Å². The van der Waals surface area contributed by atoms with Crippen molar-refractivity contribution in [2.45, 2.75) is 162 Å². The van der Waals surface area contributed by atoms with E-state index in [1.165, 1.54) is 141 Å². The van der Waals surface area contributed by atoms with Crippen molar-refractivity contribution in [3.63, 3.8) is 0 Å². The van der Waals surface area contributed by atoms with Crippen molar-refractivity contribution in [1.29, 1.82) is 0 Å². The van der Waals surface area contributed by atoms with Crippen LogP contribution in [0.2, 0.25) is 0 Å². The molecule has 1 aliphatic heterocycles. The van der Waals surface area contributed by atoms with E-state index in [4.69, 9.17) is 19.4 Å². The van der Waals surface area contributed by atoms with Crippen molar-refractivity contribution < 1.29 is 13.5 Å². The molecule has 0 atom stereocenters. The Bertz CT molecular complexity index is 1180. The number of nitrogens with zero attached hydrogens (tertiary/aromatic N) is 2. The summed E-state index contributed by atoms with van der Waals surface area (Å²) in [6, 6.07) is 9.12. The number of anilines is 2. The number of benzene rings is 2. The minimum absolute atomic E-state index is 0. The van der Waals surface area contributed by atoms with Gasteiger partial charge >= 0.3 is 158 Å². The Kier molecular flexibility index (Phi) is 15.2. The van der Waals surface area contributed by atoms with Crippen LogP contribution >= 0.6 is 26.6 Å². The Labute approximate surface area is 303 Å². The monoisotopic (exact) mass is 788 g/mol. The molecule has 1 saturated heterocycles. The molecule has 2 aromatic rings. The summed E-state index contributed by atoms with van der Waals surface area (Å²) in [5, 5.41) is 0. The van der Waals surface area contributed by atoms with E-state index in [0.29, 0.717) is 0 Å². The van der Waals surface area contributed by atoms with Crippen molar-refractivity contribution in [3.8, 4) is 0 Å². The molecule has 3 aliphatic carbocycles. The van der Waals surface area contributed by atoms with E-state index in [1.54, 1.807) is 0 Å². The van der Waals surface area contributed by atoms with Gasteiger partial charge in [0.2, 0.25) is 0 Å². The van der Waals surface area contributed by atoms with Crippen molar-refractivity contribution in [2.75, 3.05) is 22.9 Å². The zero-order chi connectivity index (χ0) is 32.8. The first-order valence-corrected chi connectivity index (χ1v) is 25.9. The zero-order valence-corrected chi connectivity index (χ0v) is 33.8. The summed E-state index contributed by atoms with van der Waals surface area (Å²) in [5.41, 5.74) is 13.8. The molecule has 2 aromatic carbocycles. The van der Waals surface area contributed by atoms with Crippen LogP contribution in [0.1, 0.15) is 137 Å². The fraction of sp³-hybridized carbons (Fsp3) is 0.659. The van der Waals surface area contributed by atoms with E-state index in [-0.39, 0.29) is 7.43 Å². The number of aryl methyl sites for hydroxylation is 6. The summed E-state index contributed by atoms with van der Waals surface area (Å²) in [4.78, 5) is 4.81. The van der Waals surface area contributed by atoms with Crippen LogP contribution in [-0.2, 0) is 13.5 Å². The van der Waals surface area contributed by atoms with Gasteiger partial charge in [0.1, 0.15) is 0 Å². The van der Waals surface area contributed by atoms with Crippen LogP contribution in [0, 0.1) is 48.2 Å². The van der Waals surface area contributed by atoms with E-state index in [1.807, 2.05) is 0 Å². The first kappa shape index (κ1) is 39.3. The first-order chi connectivity index (χ1) is 22.1. The molecule has 0 radical (unpaired) electrons. The third kappa shape index (κ3) is 9.46. The van der Waals surface area contributed by atoms with Crippen LogP contribution in [0.4, 0.5) is 11.4 Å². The van der Waals surface area contributed by atoms with Crippen molar-refractivity contribution in [3.05, 3.63) is 64.3 Å². The molecule has 0 bridgehead atoms. The van der Waals surface area contributed by atoms with Gasteiger partial charge < -0.3 is 9.80 Å². The second kappa shape index (κ2) is 18.2. The average Bonchev–Trinajstić information content (AvgIpc) is 3.49. The van der Waals surface area contributed by atoms with Crippen molar-refractivity contribution in [1.82, 2.24) is 0 Å². The van der Waals surface area contributed by atoms with E-state index in [9.17, 15) is 0 Å². The first-order valence-electron chi connectivity index (χ1n) is 18.4. The standard InChI is InChI=1S/C21H27N2.C19H34P.CH4.2ClH.Ru/c1-14-9-16(3)20(17(4)10-14)22-7-8-23(13-22)21-18(5)11-15(2)12-19(21)6;1-20(17-11-5-2-6-12-17,18-13-7-3-8-14-18)19-15-9-4-10-16-19;;;;/h9-13H,7-8H2,1-6H3;1,17-19H,2-16H2;1H4;2*1H;/q-1;+1;;;;+2/p-2. The topological polar surface area (TPSA) is 6.48 Å². The van der Waals surface area contributed by atoms with Crippen molar-refractivity contribution >= 4 is 42.4 Å². The predicted octanol–water partition coefficient (Wildman–Crippen LogP) is 13.3. The second-order valence-corrected chi connectivity index (χ2v) is 25.8. The molecule has 0 N–H and O–H groups in total. The van der Waals surface area contributed by atoms with Gasteiger partial charge in [-0.1, -0.05) is 42.8 Å². The van der Waals surface area contributed by atoms with E-state index in [2.05, 4.69) is 86.6 Å². The molecule has 4 fully saturated rings. The Morgan fingerprint density at radius 2 is 0.872 bits per heavy atom. The van der Waals surface area contributed by atoms with Crippen LogP contribution in [0.15, 0.2) is 24.3 Å². The Morgan fingerprint density at radius 1 is 0.574 bits per heavy atom. The third-order valence-corrected chi connectivity index (χ3v) is 23.2. The quantitative estimate of drug-likeness (QED) is 0.163. The van der Waals surface area contributed by atoms with E-state index in [0.717, 1.165) is 30.1 Å². The molecule has 0 aromatic heterocycles. The van der Waals surface area contributed by atoms with Gasteiger partial charge in [-0.2, -0.15) is 6.67 Å². The van der Waals surface area contributed by atoms with Gasteiger partial charge in [-0.3, -0.25) is 0 Å². The predicted molar refractivity (Wildman–Crippen MR) is 212 cm³/mol. The summed E-state index contributed by atoms with van der Waals surface area (Å²) >= 11 is -1.68. The minimum atomic E-state index is -1.68. The maximum atomic E-state index is 6.60. The van der Waals surface area contributed by atoms with Gasteiger partial charge in [-0.05, 0) is 63.8 Å². The van der Waals surface area contributed by atoms with Crippen LogP contribution in [0.25, 0.3) is 0 Å². The molecule has 6 rings (SSSR count). The molecule has 47 heavy (non-hydrogen) atoms. The molecule has 4 aliphatic rings. The molecule has 0 unspecified atom stereocenters. The van der Waals surface area contributed by atoms with Gasteiger partial charge in [0.15, 0.2) is 0 Å². The molecule has 3 saturated carbocycles. The van der Waals surface area contributed by atoms with Gasteiger partial charge in [-0.25, -0.2) is 0 Å². The van der Waals surface area contributed by atoms with E-state index < -0.39 is 20.8 Å². The third-order valence-electron chi connectivity index (χ3n) is 11.6. The molecule has 2 nitrogen and oxygen atoms in total. The summed E-state index contributed by atoms with van der Waals surface area (Å²) in [6.45, 7) is 17.6. The fourth-order valence-corrected chi connectivity index (χ4v) is 25.5. The van der Waals surface area contributed by atoms with Gasteiger partial charge in [-0.15, -0.1) is 0 Å². The molecule has 1 heterocycles. The van der Waals surface area contributed by atoms with Crippen LogP contribution in [0.5, 0.6) is 0 Å². The van der Waals surface area contributed by atoms with Gasteiger partial charge in [0.05, 0.1) is 0 Å². The molecule has 6 heteroatoms. The van der Waals surface area contributed by atoms with Gasteiger partial charge in [0, 0.05) is 24.5 Å². The molecule has 266 valence electrons. The summed E-state index contributed by atoms with van der Waals surface area (Å²) in [7, 11) is 12.1. The van der Waals surface area contributed by atoms with Crippen LogP contribution < -0.4 is 9.80 Å².